The van der Waals surface area contributed by atoms with Gasteiger partial charge >= 0.3 is 39.5 Å². The van der Waals surface area contributed by atoms with Crippen LogP contribution in [0.25, 0.3) is 0 Å². The molecule has 0 aromatic rings. The van der Waals surface area contributed by atoms with E-state index in [9.17, 15) is 43.2 Å². The molecule has 590 valence electrons. The number of rotatable bonds is 80. The molecule has 0 aliphatic rings. The van der Waals surface area contributed by atoms with Crippen molar-refractivity contribution in [2.24, 2.45) is 0 Å². The number of aliphatic hydroxyl groups is 1. The minimum atomic E-state index is -4.97. The fourth-order valence-corrected chi connectivity index (χ4v) is 13.6. The third kappa shape index (κ3) is 73.8. The van der Waals surface area contributed by atoms with Gasteiger partial charge in [-0.2, -0.15) is 0 Å². The highest BCUT2D eigenvalue weighted by Crippen LogP contribution is 2.45. The molecule has 0 saturated heterocycles. The molecular weight excluding hydrogens is 1310 g/mol. The molecule has 0 spiro atoms. The molecule has 0 heterocycles. The first-order valence-corrected chi connectivity index (χ1v) is 44.6. The number of unbranched alkanes of at least 4 members (excludes halogenated alkanes) is 50. The van der Waals surface area contributed by atoms with Gasteiger partial charge in [0.25, 0.3) is 0 Å². The van der Waals surface area contributed by atoms with Crippen LogP contribution in [0, 0.1) is 0 Å². The highest BCUT2D eigenvalue weighted by Gasteiger charge is 2.30. The van der Waals surface area contributed by atoms with E-state index in [1.165, 1.54) is 205 Å². The monoisotopic (exact) mass is 1460 g/mol. The normalized spacial score (nSPS) is 13.9. The number of esters is 4. The molecule has 0 aliphatic heterocycles. The van der Waals surface area contributed by atoms with Crippen LogP contribution in [0.2, 0.25) is 0 Å². The Kier molecular flexibility index (Phi) is 73.0. The molecule has 0 radical (unpaired) electrons. The fraction of sp³-hybridized carbons (Fsp3) is 0.901. The van der Waals surface area contributed by atoms with Crippen molar-refractivity contribution in [3.8, 4) is 0 Å². The second-order valence-corrected chi connectivity index (χ2v) is 31.3. The molecule has 100 heavy (non-hydrogen) atoms. The number of carbonyl (C=O) groups excluding carboxylic acids is 4. The van der Waals surface area contributed by atoms with Gasteiger partial charge in [-0.3, -0.25) is 37.3 Å². The standard InChI is InChI=1S/C81H154O17P2/c1-5-9-13-17-21-25-29-33-37-41-45-49-53-57-61-65-78(83)91-71-76(97-80(85)67-63-59-55-51-47-43-39-35-31-27-23-19-15-11-7-3)73-95-99(87,88)93-69-75(82)70-94-100(89,90)96-74-77(98-81(86)68-64-60-56-52-48-44-40-36-32-28-24-20-16-12-8-4)72-92-79(84)66-62-58-54-50-46-42-38-34-30-26-22-18-14-10-6-2/h33-34,37-38,75-77,82H,5-32,35-36,39-74H2,1-4H3,(H,87,88)(H,89,90)/b37-33-,38-34-. The highest BCUT2D eigenvalue weighted by molar-refractivity contribution is 7.47. The maximum Gasteiger partial charge on any atom is 0.472 e. The number of allylic oxidation sites excluding steroid dienone is 4. The summed E-state index contributed by atoms with van der Waals surface area (Å²) in [5.41, 5.74) is 0. The molecule has 19 heteroatoms. The molecule has 0 bridgehead atoms. The Bertz CT molecular complexity index is 1850. The predicted molar refractivity (Wildman–Crippen MR) is 409 cm³/mol. The van der Waals surface area contributed by atoms with Crippen LogP contribution in [0.4, 0.5) is 0 Å². The zero-order chi connectivity index (χ0) is 73.2. The van der Waals surface area contributed by atoms with Gasteiger partial charge in [-0.25, -0.2) is 9.13 Å². The van der Waals surface area contributed by atoms with E-state index in [2.05, 4.69) is 52.0 Å². The van der Waals surface area contributed by atoms with Crippen molar-refractivity contribution in [2.45, 2.75) is 431 Å². The minimum Gasteiger partial charge on any atom is -0.462 e. The van der Waals surface area contributed by atoms with Crippen molar-refractivity contribution in [3.63, 3.8) is 0 Å². The smallest absolute Gasteiger partial charge is 0.462 e. The summed E-state index contributed by atoms with van der Waals surface area (Å²) in [6, 6.07) is 0. The van der Waals surface area contributed by atoms with Crippen molar-refractivity contribution in [1.29, 1.82) is 0 Å². The molecule has 0 fully saturated rings. The van der Waals surface area contributed by atoms with Gasteiger partial charge in [0.05, 0.1) is 26.4 Å². The molecule has 4 unspecified atom stereocenters. The average molecular weight is 1460 g/mol. The van der Waals surface area contributed by atoms with E-state index in [-0.39, 0.29) is 25.7 Å². The van der Waals surface area contributed by atoms with E-state index < -0.39 is 97.5 Å². The first-order valence-electron chi connectivity index (χ1n) is 41.6. The molecule has 17 nitrogen and oxygen atoms in total. The quantitative estimate of drug-likeness (QED) is 0.0169. The molecule has 0 amide bonds. The molecule has 0 aromatic heterocycles. The van der Waals surface area contributed by atoms with Crippen LogP contribution in [0.3, 0.4) is 0 Å². The number of ether oxygens (including phenoxy) is 4. The number of hydrogen-bond acceptors (Lipinski definition) is 15. The van der Waals surface area contributed by atoms with Gasteiger partial charge in [-0.1, -0.05) is 335 Å². The minimum absolute atomic E-state index is 0.104. The Morgan fingerprint density at radius 3 is 0.690 bits per heavy atom. The van der Waals surface area contributed by atoms with Crippen molar-refractivity contribution in [2.75, 3.05) is 39.6 Å². The summed E-state index contributed by atoms with van der Waals surface area (Å²) >= 11 is 0. The Labute approximate surface area is 612 Å². The van der Waals surface area contributed by atoms with Gasteiger partial charge in [0.15, 0.2) is 12.2 Å². The van der Waals surface area contributed by atoms with Crippen LogP contribution in [-0.2, 0) is 65.4 Å². The average Bonchev–Trinajstić information content (AvgIpc) is 1.01. The molecule has 4 atom stereocenters. The topological polar surface area (TPSA) is 237 Å². The van der Waals surface area contributed by atoms with Crippen LogP contribution in [-0.4, -0.2) is 96.7 Å². The van der Waals surface area contributed by atoms with Crippen molar-refractivity contribution < 1.29 is 80.2 Å². The molecule has 0 rings (SSSR count). The maximum atomic E-state index is 13.1. The maximum absolute atomic E-state index is 13.1. The zero-order valence-electron chi connectivity index (χ0n) is 64.7. The second-order valence-electron chi connectivity index (χ2n) is 28.4. The molecule has 0 saturated carbocycles. The van der Waals surface area contributed by atoms with E-state index in [0.717, 1.165) is 128 Å². The molecule has 0 aliphatic carbocycles. The van der Waals surface area contributed by atoms with Crippen LogP contribution in [0.5, 0.6) is 0 Å². The lowest BCUT2D eigenvalue weighted by atomic mass is 10.0. The van der Waals surface area contributed by atoms with Crippen molar-refractivity contribution in [3.05, 3.63) is 24.3 Å². The van der Waals surface area contributed by atoms with Gasteiger partial charge in [0, 0.05) is 25.7 Å². The third-order valence-corrected chi connectivity index (χ3v) is 20.3. The number of phosphoric ester groups is 2. The molecule has 3 N–H and O–H groups in total. The van der Waals surface area contributed by atoms with E-state index in [0.29, 0.717) is 25.7 Å². The zero-order valence-corrected chi connectivity index (χ0v) is 66.5. The van der Waals surface area contributed by atoms with E-state index >= 15 is 0 Å². The van der Waals surface area contributed by atoms with Crippen molar-refractivity contribution >= 4 is 39.5 Å². The predicted octanol–water partition coefficient (Wildman–Crippen LogP) is 24.1. The second kappa shape index (κ2) is 74.8. The Balaban J connectivity index is 5.30. The number of hydrogen-bond donors (Lipinski definition) is 3. The Morgan fingerprint density at radius 2 is 0.460 bits per heavy atom. The lowest BCUT2D eigenvalue weighted by Gasteiger charge is -2.21. The first-order chi connectivity index (χ1) is 48.7. The van der Waals surface area contributed by atoms with Crippen LogP contribution >= 0.6 is 15.6 Å². The van der Waals surface area contributed by atoms with Crippen LogP contribution < -0.4 is 0 Å². The fourth-order valence-electron chi connectivity index (χ4n) is 12.0. The lowest BCUT2D eigenvalue weighted by molar-refractivity contribution is -0.161. The van der Waals surface area contributed by atoms with Gasteiger partial charge in [-0.05, 0) is 77.0 Å². The summed E-state index contributed by atoms with van der Waals surface area (Å²) in [5.74, 6) is -2.14. The molecule has 0 aromatic carbocycles. The summed E-state index contributed by atoms with van der Waals surface area (Å²) in [7, 11) is -9.93. The third-order valence-electron chi connectivity index (χ3n) is 18.4. The van der Waals surface area contributed by atoms with Crippen LogP contribution in [0.1, 0.15) is 413 Å². The SMILES string of the molecule is CCCCCCCC/C=C\CCCCCCCC(=O)OCC(COP(=O)(O)OCC(O)COP(=O)(O)OCC(COC(=O)CCCCCCC/C=C\CCCCCCCC)OC(=O)CCCCCCCCCCCCCCCCC)OC(=O)CCCCCCCCCCCCCCCCC. The molecular formula is C81H154O17P2. The summed E-state index contributed by atoms with van der Waals surface area (Å²) < 4.78 is 68.7. The van der Waals surface area contributed by atoms with Gasteiger partial charge in [0.2, 0.25) is 0 Å². The van der Waals surface area contributed by atoms with E-state index in [1.54, 1.807) is 0 Å². The van der Waals surface area contributed by atoms with Gasteiger partial charge in [0.1, 0.15) is 19.3 Å². The highest BCUT2D eigenvalue weighted by atomic mass is 31.2. The lowest BCUT2D eigenvalue weighted by Crippen LogP contribution is -2.30. The van der Waals surface area contributed by atoms with Gasteiger partial charge < -0.3 is 33.8 Å². The van der Waals surface area contributed by atoms with Crippen molar-refractivity contribution in [1.82, 2.24) is 0 Å². The largest absolute Gasteiger partial charge is 0.472 e. The first kappa shape index (κ1) is 97.5. The summed E-state index contributed by atoms with van der Waals surface area (Å²) in [5, 5.41) is 10.6. The summed E-state index contributed by atoms with van der Waals surface area (Å²) in [4.78, 5) is 73.1. The van der Waals surface area contributed by atoms with E-state index in [1.807, 2.05) is 0 Å². The number of carbonyl (C=O) groups is 4. The van der Waals surface area contributed by atoms with E-state index in [4.69, 9.17) is 37.0 Å². The Morgan fingerprint density at radius 1 is 0.270 bits per heavy atom. The number of phosphoric acid groups is 2. The summed E-state index contributed by atoms with van der Waals surface area (Å²) in [6.07, 6.45) is 70.0. The Hall–Kier alpha value is -2.46. The number of aliphatic hydroxyl groups excluding tert-OH is 1. The van der Waals surface area contributed by atoms with Crippen LogP contribution in [0.15, 0.2) is 24.3 Å². The van der Waals surface area contributed by atoms with Gasteiger partial charge in [-0.15, -0.1) is 0 Å². The summed E-state index contributed by atoms with van der Waals surface area (Å²) in [6.45, 7) is 4.97.